The van der Waals surface area contributed by atoms with Crippen molar-refractivity contribution in [1.82, 2.24) is 15.0 Å². The van der Waals surface area contributed by atoms with Crippen LogP contribution in [0, 0.1) is 5.92 Å². The predicted molar refractivity (Wildman–Crippen MR) is 124 cm³/mol. The molecule has 0 amide bonds. The molecular weight excluding hydrogens is 420 g/mol. The lowest BCUT2D eigenvalue weighted by Gasteiger charge is -2.32. The van der Waals surface area contributed by atoms with Crippen LogP contribution in [0.3, 0.4) is 0 Å². The molecule has 1 fully saturated rings. The number of ether oxygens (including phenoxy) is 1. The van der Waals surface area contributed by atoms with Gasteiger partial charge in [-0.2, -0.15) is 4.98 Å². The fraction of sp³-hybridized carbons (Fsp3) is 0.400. The van der Waals surface area contributed by atoms with Gasteiger partial charge in [-0.1, -0.05) is 30.3 Å². The standard InChI is InChI=1S/C25H26N4O4/c1-2-33-24(32)16-9-6-10-29(14-16)25-27-22-21(23(31)28-25)18-11-17(15-7-4-3-5-8-15)12-20(30)19(18)13-26-22/h3-5,7-8,13,16-17H,2,6,9-12,14H2,1H3,(H,26,27,28,31)/t16-,17-/m1/s1. The van der Waals surface area contributed by atoms with Crippen LogP contribution >= 0.6 is 0 Å². The maximum Gasteiger partial charge on any atom is 0.310 e. The average Bonchev–Trinajstić information content (AvgIpc) is 2.84. The second-order valence-corrected chi connectivity index (χ2v) is 8.71. The number of fused-ring (bicyclic) bond motifs is 3. The second kappa shape index (κ2) is 8.77. The second-order valence-electron chi connectivity index (χ2n) is 8.71. The van der Waals surface area contributed by atoms with Gasteiger partial charge in [0, 0.05) is 31.3 Å². The lowest BCUT2D eigenvalue weighted by Crippen LogP contribution is -2.41. The zero-order valence-corrected chi connectivity index (χ0v) is 18.5. The molecule has 2 atom stereocenters. The van der Waals surface area contributed by atoms with Crippen molar-refractivity contribution in [3.8, 4) is 0 Å². The number of H-pyrrole nitrogens is 1. The number of carbonyl (C=O) groups excluding carboxylic acids is 2. The quantitative estimate of drug-likeness (QED) is 0.614. The molecule has 8 heteroatoms. The third kappa shape index (κ3) is 4.01. The Morgan fingerprint density at radius 2 is 2.03 bits per heavy atom. The molecule has 3 aromatic rings. The van der Waals surface area contributed by atoms with Crippen molar-refractivity contribution >= 4 is 28.7 Å². The molecule has 8 nitrogen and oxygen atoms in total. The van der Waals surface area contributed by atoms with E-state index in [-0.39, 0.29) is 29.1 Å². The largest absolute Gasteiger partial charge is 0.466 e. The number of benzene rings is 1. The van der Waals surface area contributed by atoms with Gasteiger partial charge in [0.15, 0.2) is 11.4 Å². The highest BCUT2D eigenvalue weighted by Gasteiger charge is 2.31. The van der Waals surface area contributed by atoms with E-state index in [1.165, 1.54) is 0 Å². The maximum atomic E-state index is 13.2. The highest BCUT2D eigenvalue weighted by atomic mass is 16.5. The number of carbonyl (C=O) groups is 2. The Morgan fingerprint density at radius 3 is 2.82 bits per heavy atom. The number of aromatic amines is 1. The topological polar surface area (TPSA) is 105 Å². The maximum absolute atomic E-state index is 13.2. The summed E-state index contributed by atoms with van der Waals surface area (Å²) in [5, 5.41) is 0.379. The zero-order valence-electron chi connectivity index (χ0n) is 18.5. The molecule has 3 heterocycles. The molecule has 1 aliphatic heterocycles. The lowest BCUT2D eigenvalue weighted by atomic mass is 9.79. The summed E-state index contributed by atoms with van der Waals surface area (Å²) < 4.78 is 5.18. The van der Waals surface area contributed by atoms with Crippen molar-refractivity contribution in [3.05, 3.63) is 63.6 Å². The fourth-order valence-electron chi connectivity index (χ4n) is 4.99. The number of anilines is 1. The number of nitrogens with one attached hydrogen (secondary N) is 1. The first kappa shape index (κ1) is 21.3. The molecule has 33 heavy (non-hydrogen) atoms. The van der Waals surface area contributed by atoms with Crippen LogP contribution in [0.25, 0.3) is 11.0 Å². The minimum atomic E-state index is -0.306. The van der Waals surface area contributed by atoms with Crippen molar-refractivity contribution < 1.29 is 14.3 Å². The monoisotopic (exact) mass is 446 g/mol. The summed E-state index contributed by atoms with van der Waals surface area (Å²) in [7, 11) is 0. The molecular formula is C25H26N4O4. The molecule has 1 N–H and O–H groups in total. The molecule has 0 spiro atoms. The summed E-state index contributed by atoms with van der Waals surface area (Å²) >= 11 is 0. The average molecular weight is 447 g/mol. The number of esters is 1. The molecule has 5 rings (SSSR count). The van der Waals surface area contributed by atoms with Crippen LogP contribution in [0.2, 0.25) is 0 Å². The van der Waals surface area contributed by atoms with Gasteiger partial charge in [0.1, 0.15) is 0 Å². The van der Waals surface area contributed by atoms with E-state index in [0.29, 0.717) is 60.6 Å². The van der Waals surface area contributed by atoms with E-state index in [2.05, 4.69) is 15.0 Å². The minimum Gasteiger partial charge on any atom is -0.466 e. The number of piperidine rings is 1. The van der Waals surface area contributed by atoms with Gasteiger partial charge in [-0.3, -0.25) is 19.4 Å². The Hall–Kier alpha value is -3.55. The van der Waals surface area contributed by atoms with E-state index in [9.17, 15) is 14.4 Å². The van der Waals surface area contributed by atoms with Crippen LogP contribution in [0.15, 0.2) is 41.3 Å². The number of ketones is 1. The SMILES string of the molecule is CCOC(=O)[C@@H]1CCCN(c2nc3ncc4c(c3c(=O)[nH]2)C[C@@H](c2ccccc2)CC4=O)C1. The van der Waals surface area contributed by atoms with Crippen molar-refractivity contribution in [2.45, 2.75) is 38.5 Å². The molecule has 1 aliphatic carbocycles. The molecule has 0 unspecified atom stereocenters. The van der Waals surface area contributed by atoms with Crippen LogP contribution < -0.4 is 10.5 Å². The van der Waals surface area contributed by atoms with Crippen molar-refractivity contribution in [2.24, 2.45) is 5.92 Å². The number of aromatic nitrogens is 3. The summed E-state index contributed by atoms with van der Waals surface area (Å²) in [6.07, 6.45) is 4.09. The van der Waals surface area contributed by atoms with Gasteiger partial charge >= 0.3 is 5.97 Å². The lowest BCUT2D eigenvalue weighted by molar-refractivity contribution is -0.148. The van der Waals surface area contributed by atoms with E-state index < -0.39 is 0 Å². The number of rotatable bonds is 4. The molecule has 1 saturated heterocycles. The Kier molecular flexibility index (Phi) is 5.66. The van der Waals surface area contributed by atoms with E-state index >= 15 is 0 Å². The normalized spacial score (nSPS) is 20.5. The molecule has 2 aliphatic rings. The van der Waals surface area contributed by atoms with Gasteiger partial charge < -0.3 is 9.64 Å². The molecule has 2 aromatic heterocycles. The molecule has 1 aromatic carbocycles. The zero-order chi connectivity index (χ0) is 22.9. The Morgan fingerprint density at radius 1 is 1.21 bits per heavy atom. The summed E-state index contributed by atoms with van der Waals surface area (Å²) in [4.78, 5) is 52.1. The third-order valence-electron chi connectivity index (χ3n) is 6.63. The molecule has 0 radical (unpaired) electrons. The highest BCUT2D eigenvalue weighted by molar-refractivity contribution is 6.02. The number of hydrogen-bond donors (Lipinski definition) is 1. The van der Waals surface area contributed by atoms with Crippen molar-refractivity contribution in [1.29, 1.82) is 0 Å². The summed E-state index contributed by atoms with van der Waals surface area (Å²) in [5.41, 5.74) is 2.33. The van der Waals surface area contributed by atoms with Crippen molar-refractivity contribution in [3.63, 3.8) is 0 Å². The molecule has 0 saturated carbocycles. The van der Waals surface area contributed by atoms with Crippen LogP contribution in [0.4, 0.5) is 5.95 Å². The Balaban J connectivity index is 1.50. The number of nitrogens with zero attached hydrogens (tertiary/aromatic N) is 3. The predicted octanol–water partition coefficient (Wildman–Crippen LogP) is 3.01. The van der Waals surface area contributed by atoms with E-state index in [1.807, 2.05) is 35.2 Å². The summed E-state index contributed by atoms with van der Waals surface area (Å²) in [6, 6.07) is 9.91. The fourth-order valence-corrected chi connectivity index (χ4v) is 4.99. The smallest absolute Gasteiger partial charge is 0.310 e. The van der Waals surface area contributed by atoms with Gasteiger partial charge in [0.2, 0.25) is 5.95 Å². The minimum absolute atomic E-state index is 0.00344. The number of Topliss-reactive ketones (excluding diaryl/α,β-unsaturated/α-hetero) is 1. The Bertz CT molecular complexity index is 1270. The van der Waals surface area contributed by atoms with Crippen LogP contribution in [-0.2, 0) is 16.0 Å². The first-order valence-corrected chi connectivity index (χ1v) is 11.5. The molecule has 170 valence electrons. The third-order valence-corrected chi connectivity index (χ3v) is 6.63. The highest BCUT2D eigenvalue weighted by Crippen LogP contribution is 2.34. The van der Waals surface area contributed by atoms with E-state index in [0.717, 1.165) is 18.4 Å². The van der Waals surface area contributed by atoms with E-state index in [1.54, 1.807) is 13.1 Å². The van der Waals surface area contributed by atoms with E-state index in [4.69, 9.17) is 4.74 Å². The molecule has 0 bridgehead atoms. The van der Waals surface area contributed by atoms with Gasteiger partial charge in [-0.05, 0) is 43.2 Å². The van der Waals surface area contributed by atoms with Gasteiger partial charge in [0.05, 0.1) is 17.9 Å². The first-order chi connectivity index (χ1) is 16.0. The van der Waals surface area contributed by atoms with Gasteiger partial charge in [0.25, 0.3) is 5.56 Å². The van der Waals surface area contributed by atoms with Crippen LogP contribution in [-0.4, -0.2) is 46.4 Å². The Labute approximate surface area is 191 Å². The number of hydrogen-bond acceptors (Lipinski definition) is 7. The number of pyridine rings is 1. The van der Waals surface area contributed by atoms with Crippen molar-refractivity contribution in [2.75, 3.05) is 24.6 Å². The van der Waals surface area contributed by atoms with Gasteiger partial charge in [-0.15, -0.1) is 0 Å². The summed E-state index contributed by atoms with van der Waals surface area (Å²) in [6.45, 7) is 3.26. The van der Waals surface area contributed by atoms with Gasteiger partial charge in [-0.25, -0.2) is 4.98 Å². The van der Waals surface area contributed by atoms with Crippen LogP contribution in [0.1, 0.15) is 53.6 Å². The van der Waals surface area contributed by atoms with Crippen LogP contribution in [0.5, 0.6) is 0 Å². The summed E-state index contributed by atoms with van der Waals surface area (Å²) in [5.74, 6) is -0.0567. The first-order valence-electron chi connectivity index (χ1n) is 11.5.